The second-order valence-electron chi connectivity index (χ2n) is 15.5. The topological polar surface area (TPSA) is 8.17 Å². The van der Waals surface area contributed by atoms with Gasteiger partial charge in [0.2, 0.25) is 0 Å². The van der Waals surface area contributed by atoms with Crippen LogP contribution in [0.2, 0.25) is 0 Å². The molecular formula is C56H39FN2Si. The molecule has 0 aliphatic carbocycles. The van der Waals surface area contributed by atoms with Crippen molar-refractivity contribution in [2.75, 3.05) is 4.90 Å². The van der Waals surface area contributed by atoms with E-state index in [-0.39, 0.29) is 5.82 Å². The molecular weight excluding hydrogens is 748 g/mol. The fourth-order valence-electron chi connectivity index (χ4n) is 9.48. The van der Waals surface area contributed by atoms with E-state index in [9.17, 15) is 4.39 Å². The van der Waals surface area contributed by atoms with Crippen LogP contribution >= 0.6 is 0 Å². The van der Waals surface area contributed by atoms with Gasteiger partial charge in [-0.2, -0.15) is 0 Å². The number of hydrogen-bond acceptors (Lipinski definition) is 1. The molecule has 0 saturated heterocycles. The summed E-state index contributed by atoms with van der Waals surface area (Å²) in [5.74, 6) is -0.247. The summed E-state index contributed by atoms with van der Waals surface area (Å²) in [5.41, 5.74) is 8.61. The zero-order valence-electron chi connectivity index (χ0n) is 32.8. The third-order valence-electron chi connectivity index (χ3n) is 12.1. The number of rotatable bonds is 9. The van der Waals surface area contributed by atoms with Crippen LogP contribution in [-0.4, -0.2) is 12.6 Å². The summed E-state index contributed by atoms with van der Waals surface area (Å²) in [6, 6.07) is 84.3. The zero-order chi connectivity index (χ0) is 40.0. The van der Waals surface area contributed by atoms with E-state index in [0.717, 1.165) is 44.7 Å². The Labute approximate surface area is 350 Å². The van der Waals surface area contributed by atoms with Crippen LogP contribution in [0.25, 0.3) is 49.4 Å². The van der Waals surface area contributed by atoms with Crippen molar-refractivity contribution >= 4 is 78.5 Å². The number of hydrogen-bond donors (Lipinski definition) is 0. The molecule has 0 aliphatic heterocycles. The second-order valence-corrected chi connectivity index (χ2v) is 19.3. The maximum Gasteiger partial charge on any atom is 0.179 e. The minimum Gasteiger partial charge on any atom is -0.310 e. The molecule has 1 heterocycles. The first-order valence-electron chi connectivity index (χ1n) is 20.4. The van der Waals surface area contributed by atoms with Gasteiger partial charge in [0.05, 0.1) is 11.0 Å². The van der Waals surface area contributed by atoms with Gasteiger partial charge in [-0.05, 0) is 109 Å². The molecule has 0 N–H and O–H groups in total. The normalized spacial score (nSPS) is 11.8. The van der Waals surface area contributed by atoms with Crippen LogP contribution in [0, 0.1) is 5.82 Å². The van der Waals surface area contributed by atoms with Crippen LogP contribution in [0.5, 0.6) is 0 Å². The highest BCUT2D eigenvalue weighted by Crippen LogP contribution is 2.44. The van der Waals surface area contributed by atoms with E-state index in [4.69, 9.17) is 0 Å². The van der Waals surface area contributed by atoms with E-state index in [1.807, 2.05) is 12.1 Å². The Bertz CT molecular complexity index is 3120. The smallest absolute Gasteiger partial charge is 0.179 e. The molecule has 60 heavy (non-hydrogen) atoms. The Morgan fingerprint density at radius 2 is 0.833 bits per heavy atom. The minimum atomic E-state index is -2.62. The second kappa shape index (κ2) is 14.7. The highest BCUT2D eigenvalue weighted by Gasteiger charge is 2.41. The molecule has 1 aromatic heterocycles. The summed E-state index contributed by atoms with van der Waals surface area (Å²) < 4.78 is 16.5. The molecule has 0 radical (unpaired) electrons. The Morgan fingerprint density at radius 3 is 1.42 bits per heavy atom. The summed E-state index contributed by atoms with van der Waals surface area (Å²) in [5, 5.41) is 10.2. The van der Waals surface area contributed by atoms with Gasteiger partial charge in [-0.1, -0.05) is 170 Å². The number of nitrogens with zero attached hydrogens (tertiary/aromatic N) is 2. The van der Waals surface area contributed by atoms with Crippen molar-refractivity contribution in [3.05, 3.63) is 242 Å². The predicted octanol–water partition coefficient (Wildman–Crippen LogP) is 12.0. The molecule has 0 aliphatic rings. The maximum atomic E-state index is 14.2. The van der Waals surface area contributed by atoms with Crippen molar-refractivity contribution in [3.8, 4) is 16.8 Å². The molecule has 0 fully saturated rings. The van der Waals surface area contributed by atoms with E-state index in [1.165, 1.54) is 42.5 Å². The average Bonchev–Trinajstić information content (AvgIpc) is 3.66. The number of anilines is 3. The van der Waals surface area contributed by atoms with Crippen LogP contribution in [0.15, 0.2) is 237 Å². The molecule has 0 saturated carbocycles. The van der Waals surface area contributed by atoms with E-state index in [2.05, 4.69) is 222 Å². The Hall–Kier alpha value is -7.53. The lowest BCUT2D eigenvalue weighted by Crippen LogP contribution is -2.74. The van der Waals surface area contributed by atoms with E-state index < -0.39 is 8.07 Å². The van der Waals surface area contributed by atoms with Gasteiger partial charge in [-0.15, -0.1) is 0 Å². The molecule has 11 aromatic rings. The molecule has 2 nitrogen and oxygen atoms in total. The van der Waals surface area contributed by atoms with Crippen molar-refractivity contribution in [1.29, 1.82) is 0 Å². The first kappa shape index (κ1) is 35.6. The third kappa shape index (κ3) is 5.84. The molecule has 11 rings (SSSR count). The lowest BCUT2D eigenvalue weighted by Gasteiger charge is -2.34. The highest BCUT2D eigenvalue weighted by molar-refractivity contribution is 7.19. The van der Waals surface area contributed by atoms with Crippen molar-refractivity contribution in [3.63, 3.8) is 0 Å². The monoisotopic (exact) mass is 786 g/mol. The maximum absolute atomic E-state index is 14.2. The van der Waals surface area contributed by atoms with Crippen LogP contribution in [0.4, 0.5) is 21.5 Å². The zero-order valence-corrected chi connectivity index (χ0v) is 33.8. The number of halogens is 1. The van der Waals surface area contributed by atoms with Gasteiger partial charge >= 0.3 is 0 Å². The molecule has 10 aromatic carbocycles. The van der Waals surface area contributed by atoms with E-state index >= 15 is 0 Å². The molecule has 284 valence electrons. The van der Waals surface area contributed by atoms with Crippen LogP contribution in [0.3, 0.4) is 0 Å². The number of para-hydroxylation sites is 1. The van der Waals surface area contributed by atoms with Gasteiger partial charge in [0.1, 0.15) is 5.82 Å². The largest absolute Gasteiger partial charge is 0.310 e. The SMILES string of the molecule is Fc1ccc(-n2c3cccc4ccc5cc(N(c6ccccc6)c6ccc(-c7ccc([Si](c8ccccc8)(c8ccccc8)c8ccccc8)cc7)cc6)cc2c5c43)cc1. The van der Waals surface area contributed by atoms with Crippen molar-refractivity contribution in [2.24, 2.45) is 0 Å². The number of benzene rings is 10. The fraction of sp³-hybridized carbons (Fsp3) is 0. The van der Waals surface area contributed by atoms with E-state index in [1.54, 1.807) is 12.1 Å². The van der Waals surface area contributed by atoms with Crippen LogP contribution in [0.1, 0.15) is 0 Å². The molecule has 0 atom stereocenters. The van der Waals surface area contributed by atoms with Gasteiger partial charge in [-0.25, -0.2) is 4.39 Å². The van der Waals surface area contributed by atoms with Crippen molar-refractivity contribution in [1.82, 2.24) is 4.57 Å². The molecule has 0 amide bonds. The van der Waals surface area contributed by atoms with Gasteiger partial charge in [0.15, 0.2) is 8.07 Å². The average molecular weight is 787 g/mol. The molecule has 0 spiro atoms. The molecule has 0 bridgehead atoms. The minimum absolute atomic E-state index is 0.247. The Morgan fingerprint density at radius 1 is 0.350 bits per heavy atom. The summed E-state index contributed by atoms with van der Waals surface area (Å²) >= 11 is 0. The van der Waals surface area contributed by atoms with Crippen molar-refractivity contribution in [2.45, 2.75) is 0 Å². The van der Waals surface area contributed by atoms with Crippen LogP contribution in [-0.2, 0) is 0 Å². The molecule has 0 unspecified atom stereocenters. The van der Waals surface area contributed by atoms with Crippen LogP contribution < -0.4 is 25.6 Å². The third-order valence-corrected chi connectivity index (χ3v) is 16.9. The summed E-state index contributed by atoms with van der Waals surface area (Å²) in [4.78, 5) is 2.33. The van der Waals surface area contributed by atoms with Gasteiger partial charge in [0, 0.05) is 33.5 Å². The van der Waals surface area contributed by atoms with Gasteiger partial charge in [-0.3, -0.25) is 0 Å². The summed E-state index contributed by atoms with van der Waals surface area (Å²) in [6.45, 7) is 0. The standard InChI is InChI=1S/C56H39FN2Si/c57-44-30-34-47(35-31-44)59-53-23-13-14-42-24-25-43-38-48(39-54(59)56(43)55(42)53)58(45-15-5-1-6-16-45)46-32-26-40(27-33-46)41-28-36-52(37-29-41)60(49-17-7-2-8-18-49,50-19-9-3-10-20-50)51-21-11-4-12-22-51/h1-39H. The lowest BCUT2D eigenvalue weighted by atomic mass is 10.0. The number of aromatic nitrogens is 1. The van der Waals surface area contributed by atoms with E-state index in [0.29, 0.717) is 0 Å². The predicted molar refractivity (Wildman–Crippen MR) is 253 cm³/mol. The lowest BCUT2D eigenvalue weighted by molar-refractivity contribution is 0.627. The fourth-order valence-corrected chi connectivity index (χ4v) is 14.2. The summed E-state index contributed by atoms with van der Waals surface area (Å²) in [7, 11) is -2.62. The Kier molecular flexibility index (Phi) is 8.72. The quantitative estimate of drug-likeness (QED) is 0.0804. The van der Waals surface area contributed by atoms with Crippen molar-refractivity contribution < 1.29 is 4.39 Å². The Balaban J connectivity index is 1.02. The van der Waals surface area contributed by atoms with Gasteiger partial charge in [0.25, 0.3) is 0 Å². The van der Waals surface area contributed by atoms with Gasteiger partial charge < -0.3 is 9.47 Å². The molecule has 4 heteroatoms. The first-order chi connectivity index (χ1) is 29.7. The first-order valence-corrected chi connectivity index (χ1v) is 22.4. The summed E-state index contributed by atoms with van der Waals surface area (Å²) in [6.07, 6.45) is 0. The highest BCUT2D eigenvalue weighted by atomic mass is 28.3.